The van der Waals surface area contributed by atoms with Crippen LogP contribution in [0.1, 0.15) is 57.6 Å². The van der Waals surface area contributed by atoms with Gasteiger partial charge in [0.1, 0.15) is 0 Å². The Labute approximate surface area is 124 Å². The van der Waals surface area contributed by atoms with Gasteiger partial charge in [0.2, 0.25) is 0 Å². The Morgan fingerprint density at radius 3 is 2.67 bits per heavy atom. The largest absolute Gasteiger partial charge is 0.310 e. The lowest BCUT2D eigenvalue weighted by molar-refractivity contribution is 0.473. The van der Waals surface area contributed by atoms with Crippen LogP contribution in [0.15, 0.2) is 22.7 Å². The summed E-state index contributed by atoms with van der Waals surface area (Å²) in [5.41, 5.74) is 1.28. The van der Waals surface area contributed by atoms with Crippen molar-refractivity contribution >= 4 is 27.5 Å². The van der Waals surface area contributed by atoms with E-state index in [0.717, 1.165) is 22.5 Å². The van der Waals surface area contributed by atoms with Crippen LogP contribution in [0.25, 0.3) is 0 Å². The number of halogens is 2. The maximum absolute atomic E-state index is 6.11. The molecule has 0 saturated carbocycles. The normalized spacial score (nSPS) is 12.7. The topological polar surface area (TPSA) is 12.0 Å². The molecule has 0 saturated heterocycles. The Hall–Kier alpha value is -0.0500. The second kappa shape index (κ2) is 8.95. The van der Waals surface area contributed by atoms with E-state index in [0.29, 0.717) is 6.04 Å². The van der Waals surface area contributed by atoms with Crippen LogP contribution in [0.2, 0.25) is 5.02 Å². The molecule has 1 unspecified atom stereocenters. The average Bonchev–Trinajstić information content (AvgIpc) is 2.37. The summed E-state index contributed by atoms with van der Waals surface area (Å²) in [5.74, 6) is 0. The number of hydrogen-bond donors (Lipinski definition) is 1. The zero-order chi connectivity index (χ0) is 13.4. The molecule has 0 radical (unpaired) electrons. The van der Waals surface area contributed by atoms with E-state index in [1.54, 1.807) is 0 Å². The second-order valence-corrected chi connectivity index (χ2v) is 5.96. The summed E-state index contributed by atoms with van der Waals surface area (Å²) in [5, 5.41) is 4.44. The summed E-state index contributed by atoms with van der Waals surface area (Å²) in [6, 6.07) is 6.45. The second-order valence-electron chi connectivity index (χ2n) is 4.67. The molecule has 0 aliphatic rings. The lowest BCUT2D eigenvalue weighted by Crippen LogP contribution is -2.22. The summed E-state index contributed by atoms with van der Waals surface area (Å²) >= 11 is 9.74. The highest BCUT2D eigenvalue weighted by Gasteiger charge is 2.13. The summed E-state index contributed by atoms with van der Waals surface area (Å²) < 4.78 is 1.15. The Morgan fingerprint density at radius 1 is 1.22 bits per heavy atom. The van der Waals surface area contributed by atoms with Crippen LogP contribution in [0.5, 0.6) is 0 Å². The minimum atomic E-state index is 0.407. The van der Waals surface area contributed by atoms with E-state index in [9.17, 15) is 0 Å². The third kappa shape index (κ3) is 5.29. The molecule has 1 aromatic carbocycles. The van der Waals surface area contributed by atoms with Gasteiger partial charge in [0.05, 0.1) is 0 Å². The SMILES string of the molecule is CCCCCC(NCCC)c1cc(Cl)ccc1Br. The number of hydrogen-bond acceptors (Lipinski definition) is 1. The van der Waals surface area contributed by atoms with Crippen LogP contribution in [0, 0.1) is 0 Å². The van der Waals surface area contributed by atoms with Crippen LogP contribution in [-0.4, -0.2) is 6.54 Å². The van der Waals surface area contributed by atoms with Crippen molar-refractivity contribution in [1.82, 2.24) is 5.32 Å². The monoisotopic (exact) mass is 331 g/mol. The predicted molar refractivity (Wildman–Crippen MR) is 84.3 cm³/mol. The molecule has 0 fully saturated rings. The molecule has 102 valence electrons. The number of rotatable bonds is 8. The van der Waals surface area contributed by atoms with Crippen molar-refractivity contribution in [3.05, 3.63) is 33.3 Å². The van der Waals surface area contributed by atoms with Crippen molar-refractivity contribution in [2.75, 3.05) is 6.54 Å². The average molecular weight is 333 g/mol. The van der Waals surface area contributed by atoms with Gasteiger partial charge in [-0.1, -0.05) is 60.6 Å². The zero-order valence-electron chi connectivity index (χ0n) is 11.3. The lowest BCUT2D eigenvalue weighted by Gasteiger charge is -2.20. The molecule has 18 heavy (non-hydrogen) atoms. The van der Waals surface area contributed by atoms with E-state index >= 15 is 0 Å². The molecule has 1 aromatic rings. The lowest BCUT2D eigenvalue weighted by atomic mass is 10.0. The Balaban J connectivity index is 2.75. The van der Waals surface area contributed by atoms with Crippen molar-refractivity contribution in [3.63, 3.8) is 0 Å². The van der Waals surface area contributed by atoms with Gasteiger partial charge in [0.15, 0.2) is 0 Å². The summed E-state index contributed by atoms with van der Waals surface area (Å²) in [6.45, 7) is 5.49. The van der Waals surface area contributed by atoms with Crippen molar-refractivity contribution < 1.29 is 0 Å². The Bertz CT molecular complexity index is 354. The highest BCUT2D eigenvalue weighted by Crippen LogP contribution is 2.29. The molecular weight excluding hydrogens is 310 g/mol. The van der Waals surface area contributed by atoms with Gasteiger partial charge in [0, 0.05) is 15.5 Å². The molecule has 1 nitrogen and oxygen atoms in total. The standard InChI is InChI=1S/C15H23BrClN/c1-3-5-6-7-15(18-10-4-2)13-11-12(17)8-9-14(13)16/h8-9,11,15,18H,3-7,10H2,1-2H3. The van der Waals surface area contributed by atoms with Crippen molar-refractivity contribution in [3.8, 4) is 0 Å². The van der Waals surface area contributed by atoms with E-state index in [4.69, 9.17) is 11.6 Å². The maximum Gasteiger partial charge on any atom is 0.0410 e. The van der Waals surface area contributed by atoms with Crippen LogP contribution in [-0.2, 0) is 0 Å². The van der Waals surface area contributed by atoms with E-state index in [-0.39, 0.29) is 0 Å². The van der Waals surface area contributed by atoms with Gasteiger partial charge in [-0.05, 0) is 43.1 Å². The first-order chi connectivity index (χ1) is 8.69. The highest BCUT2D eigenvalue weighted by molar-refractivity contribution is 9.10. The van der Waals surface area contributed by atoms with E-state index < -0.39 is 0 Å². The fourth-order valence-electron chi connectivity index (χ4n) is 2.07. The van der Waals surface area contributed by atoms with Crippen molar-refractivity contribution in [2.24, 2.45) is 0 Å². The van der Waals surface area contributed by atoms with Crippen LogP contribution >= 0.6 is 27.5 Å². The van der Waals surface area contributed by atoms with Crippen LogP contribution in [0.4, 0.5) is 0 Å². The third-order valence-electron chi connectivity index (χ3n) is 3.07. The summed E-state index contributed by atoms with van der Waals surface area (Å²) in [6.07, 6.45) is 6.14. The summed E-state index contributed by atoms with van der Waals surface area (Å²) in [7, 11) is 0. The number of benzene rings is 1. The molecule has 1 N–H and O–H groups in total. The molecule has 1 atom stereocenters. The smallest absolute Gasteiger partial charge is 0.0410 e. The quantitative estimate of drug-likeness (QED) is 0.600. The molecular formula is C15H23BrClN. The van der Waals surface area contributed by atoms with Crippen LogP contribution in [0.3, 0.4) is 0 Å². The van der Waals surface area contributed by atoms with E-state index in [1.165, 1.54) is 31.2 Å². The molecule has 0 spiro atoms. The first-order valence-corrected chi connectivity index (χ1v) is 8.04. The van der Waals surface area contributed by atoms with E-state index in [2.05, 4.69) is 41.2 Å². The van der Waals surface area contributed by atoms with Crippen LogP contribution < -0.4 is 5.32 Å². The summed E-state index contributed by atoms with van der Waals surface area (Å²) in [4.78, 5) is 0. The van der Waals surface area contributed by atoms with Gasteiger partial charge in [-0.15, -0.1) is 0 Å². The molecule has 3 heteroatoms. The molecule has 0 amide bonds. The predicted octanol–water partition coefficient (Wildman–Crippen LogP) is 5.72. The molecule has 0 aliphatic carbocycles. The minimum Gasteiger partial charge on any atom is -0.310 e. The van der Waals surface area contributed by atoms with Crippen molar-refractivity contribution in [2.45, 2.75) is 52.0 Å². The molecule has 1 rings (SSSR count). The van der Waals surface area contributed by atoms with Crippen molar-refractivity contribution in [1.29, 1.82) is 0 Å². The molecule has 0 bridgehead atoms. The highest BCUT2D eigenvalue weighted by atomic mass is 79.9. The third-order valence-corrected chi connectivity index (χ3v) is 4.03. The minimum absolute atomic E-state index is 0.407. The molecule has 0 aromatic heterocycles. The van der Waals surface area contributed by atoms with E-state index in [1.807, 2.05) is 12.1 Å². The molecule has 0 heterocycles. The number of nitrogens with one attached hydrogen (secondary N) is 1. The fourth-order valence-corrected chi connectivity index (χ4v) is 2.77. The fraction of sp³-hybridized carbons (Fsp3) is 0.600. The molecule has 0 aliphatic heterocycles. The number of unbranched alkanes of at least 4 members (excludes halogenated alkanes) is 2. The van der Waals surface area contributed by atoms with Gasteiger partial charge in [-0.3, -0.25) is 0 Å². The van der Waals surface area contributed by atoms with Gasteiger partial charge < -0.3 is 5.32 Å². The zero-order valence-corrected chi connectivity index (χ0v) is 13.6. The Morgan fingerprint density at radius 2 is 2.00 bits per heavy atom. The Kier molecular flexibility index (Phi) is 7.96. The maximum atomic E-state index is 6.11. The van der Waals surface area contributed by atoms with Gasteiger partial charge in [-0.2, -0.15) is 0 Å². The first kappa shape index (κ1) is 16.0. The van der Waals surface area contributed by atoms with Gasteiger partial charge in [-0.25, -0.2) is 0 Å². The first-order valence-electron chi connectivity index (χ1n) is 6.87. The van der Waals surface area contributed by atoms with Gasteiger partial charge in [0.25, 0.3) is 0 Å². The van der Waals surface area contributed by atoms with Gasteiger partial charge >= 0.3 is 0 Å².